The van der Waals surface area contributed by atoms with Crippen molar-refractivity contribution < 1.29 is 0 Å². The Morgan fingerprint density at radius 2 is 1.95 bits per heavy atom. The first-order chi connectivity index (χ1) is 9.92. The number of halogens is 1. The smallest absolute Gasteiger partial charge is 0.191 e. The summed E-state index contributed by atoms with van der Waals surface area (Å²) in [5, 5.41) is 6.79. The van der Waals surface area contributed by atoms with E-state index in [2.05, 4.69) is 50.9 Å². The van der Waals surface area contributed by atoms with Crippen molar-refractivity contribution in [1.82, 2.24) is 10.6 Å². The number of anilines is 1. The van der Waals surface area contributed by atoms with Gasteiger partial charge in [0.2, 0.25) is 0 Å². The lowest BCUT2D eigenvalue weighted by Gasteiger charge is -2.34. The minimum atomic E-state index is 0. The van der Waals surface area contributed by atoms with Crippen LogP contribution in [0.5, 0.6) is 0 Å². The van der Waals surface area contributed by atoms with Crippen LogP contribution in [0.4, 0.5) is 5.69 Å². The fourth-order valence-electron chi connectivity index (χ4n) is 2.93. The van der Waals surface area contributed by atoms with E-state index in [0.717, 1.165) is 51.0 Å². The van der Waals surface area contributed by atoms with E-state index in [1.807, 2.05) is 0 Å². The molecule has 0 unspecified atom stereocenters. The van der Waals surface area contributed by atoms with Crippen molar-refractivity contribution in [3.05, 3.63) is 30.3 Å². The quantitative estimate of drug-likeness (QED) is 0.766. The van der Waals surface area contributed by atoms with E-state index in [9.17, 15) is 0 Å². The third kappa shape index (κ3) is 4.76. The van der Waals surface area contributed by atoms with Crippen LogP contribution in [-0.2, 0) is 0 Å². The van der Waals surface area contributed by atoms with Crippen LogP contribution in [-0.4, -0.2) is 38.7 Å². The zero-order valence-corrected chi connectivity index (χ0v) is 14.8. The molecule has 116 valence electrons. The molecule has 5 heteroatoms. The number of rotatable bonds is 3. The molecule has 1 saturated heterocycles. The van der Waals surface area contributed by atoms with E-state index < -0.39 is 0 Å². The van der Waals surface area contributed by atoms with Gasteiger partial charge in [0.15, 0.2) is 5.96 Å². The summed E-state index contributed by atoms with van der Waals surface area (Å²) in [7, 11) is 0. The third-order valence-electron chi connectivity index (χ3n) is 4.19. The van der Waals surface area contributed by atoms with E-state index >= 15 is 0 Å². The Hall–Kier alpha value is -0.980. The number of aliphatic imine (C=N–C) groups is 1. The Kier molecular flexibility index (Phi) is 6.60. The molecule has 2 N–H and O–H groups in total. The summed E-state index contributed by atoms with van der Waals surface area (Å²) in [6.45, 7) is 5.39. The Labute approximate surface area is 144 Å². The van der Waals surface area contributed by atoms with E-state index in [0.29, 0.717) is 0 Å². The van der Waals surface area contributed by atoms with Gasteiger partial charge in [-0.3, -0.25) is 4.99 Å². The van der Waals surface area contributed by atoms with E-state index in [4.69, 9.17) is 0 Å². The number of benzene rings is 1. The molecule has 2 aliphatic rings. The second kappa shape index (κ2) is 8.46. The average Bonchev–Trinajstić information content (AvgIpc) is 2.55. The highest BCUT2D eigenvalue weighted by molar-refractivity contribution is 14.0. The van der Waals surface area contributed by atoms with Gasteiger partial charge in [0.25, 0.3) is 0 Å². The van der Waals surface area contributed by atoms with Gasteiger partial charge in [-0.15, -0.1) is 24.0 Å². The van der Waals surface area contributed by atoms with Crippen LogP contribution >= 0.6 is 24.0 Å². The number of guanidine groups is 1. The number of para-hydroxylation sites is 1. The van der Waals surface area contributed by atoms with Crippen LogP contribution in [0.15, 0.2) is 35.3 Å². The lowest BCUT2D eigenvalue weighted by molar-refractivity contribution is 0.400. The number of nitrogens with one attached hydrogen (secondary N) is 2. The Bertz CT molecular complexity index is 441. The van der Waals surface area contributed by atoms with Crippen molar-refractivity contribution in [3.8, 4) is 0 Å². The second-order valence-corrected chi connectivity index (χ2v) is 5.66. The van der Waals surface area contributed by atoms with Gasteiger partial charge >= 0.3 is 0 Å². The molecule has 3 rings (SSSR count). The molecule has 2 aliphatic heterocycles. The highest BCUT2D eigenvalue weighted by Gasteiger charge is 2.19. The monoisotopic (exact) mass is 400 g/mol. The molecule has 0 amide bonds. The summed E-state index contributed by atoms with van der Waals surface area (Å²) in [6.07, 6.45) is 3.67. The topological polar surface area (TPSA) is 39.7 Å². The van der Waals surface area contributed by atoms with Crippen LogP contribution in [0.2, 0.25) is 0 Å². The van der Waals surface area contributed by atoms with Gasteiger partial charge in [-0.2, -0.15) is 0 Å². The summed E-state index contributed by atoms with van der Waals surface area (Å²) in [6, 6.07) is 10.7. The molecule has 0 radical (unpaired) electrons. The van der Waals surface area contributed by atoms with Crippen molar-refractivity contribution in [1.29, 1.82) is 0 Å². The minimum Gasteiger partial charge on any atom is -0.372 e. The molecule has 1 aromatic carbocycles. The second-order valence-electron chi connectivity index (χ2n) is 5.66. The molecule has 1 fully saturated rings. The average molecular weight is 400 g/mol. The van der Waals surface area contributed by atoms with Crippen molar-refractivity contribution >= 4 is 35.6 Å². The van der Waals surface area contributed by atoms with Crippen molar-refractivity contribution in [2.45, 2.75) is 19.3 Å². The molecule has 0 spiro atoms. The molecule has 0 aliphatic carbocycles. The SMILES string of the molecule is I.c1ccc(N2CCC(CNC3=NCCCN3)CC2)cc1. The highest BCUT2D eigenvalue weighted by atomic mass is 127. The van der Waals surface area contributed by atoms with Crippen molar-refractivity contribution in [2.75, 3.05) is 37.6 Å². The van der Waals surface area contributed by atoms with Gasteiger partial charge in [-0.1, -0.05) is 18.2 Å². The van der Waals surface area contributed by atoms with Crippen molar-refractivity contribution in [3.63, 3.8) is 0 Å². The van der Waals surface area contributed by atoms with Gasteiger partial charge in [0, 0.05) is 38.4 Å². The minimum absolute atomic E-state index is 0. The molecular formula is C16H25IN4. The fraction of sp³-hybridized carbons (Fsp3) is 0.562. The molecule has 0 saturated carbocycles. The van der Waals surface area contributed by atoms with Crippen LogP contribution < -0.4 is 15.5 Å². The van der Waals surface area contributed by atoms with Gasteiger partial charge < -0.3 is 15.5 Å². The van der Waals surface area contributed by atoms with Crippen molar-refractivity contribution in [2.24, 2.45) is 10.9 Å². The molecule has 1 aromatic rings. The summed E-state index contributed by atoms with van der Waals surface area (Å²) < 4.78 is 0. The zero-order valence-electron chi connectivity index (χ0n) is 12.4. The maximum Gasteiger partial charge on any atom is 0.191 e. The van der Waals surface area contributed by atoms with Crippen LogP contribution in [0.3, 0.4) is 0 Å². The molecule has 21 heavy (non-hydrogen) atoms. The van der Waals surface area contributed by atoms with Gasteiger partial charge in [-0.25, -0.2) is 0 Å². The first kappa shape index (κ1) is 16.4. The number of piperidine rings is 1. The van der Waals surface area contributed by atoms with Gasteiger partial charge in [0.1, 0.15) is 0 Å². The first-order valence-electron chi connectivity index (χ1n) is 7.74. The van der Waals surface area contributed by atoms with Gasteiger partial charge in [0.05, 0.1) is 0 Å². The Balaban J connectivity index is 0.00000161. The lowest BCUT2D eigenvalue weighted by Crippen LogP contribution is -2.44. The van der Waals surface area contributed by atoms with Crippen LogP contribution in [0, 0.1) is 5.92 Å². The number of nitrogens with zero attached hydrogens (tertiary/aromatic N) is 2. The standard InChI is InChI=1S/C16H24N4.HI/c1-2-5-15(6-3-1)20-11-7-14(8-12-20)13-19-16-17-9-4-10-18-16;/h1-3,5-6,14H,4,7-13H2,(H2,17,18,19);1H. The van der Waals surface area contributed by atoms with E-state index in [-0.39, 0.29) is 24.0 Å². The van der Waals surface area contributed by atoms with E-state index in [1.165, 1.54) is 18.5 Å². The first-order valence-corrected chi connectivity index (χ1v) is 7.74. The predicted octanol–water partition coefficient (Wildman–Crippen LogP) is 2.46. The summed E-state index contributed by atoms with van der Waals surface area (Å²) in [5.74, 6) is 1.77. The van der Waals surface area contributed by atoms with Crippen LogP contribution in [0.25, 0.3) is 0 Å². The molecule has 0 aromatic heterocycles. The maximum absolute atomic E-state index is 4.46. The van der Waals surface area contributed by atoms with Crippen LogP contribution in [0.1, 0.15) is 19.3 Å². The maximum atomic E-state index is 4.46. The number of hydrogen-bond acceptors (Lipinski definition) is 4. The summed E-state index contributed by atoms with van der Waals surface area (Å²) in [5.41, 5.74) is 1.36. The molecule has 0 bridgehead atoms. The van der Waals surface area contributed by atoms with Gasteiger partial charge in [-0.05, 0) is 37.3 Å². The number of hydrogen-bond donors (Lipinski definition) is 2. The molecule has 0 atom stereocenters. The van der Waals surface area contributed by atoms with E-state index in [1.54, 1.807) is 0 Å². The lowest BCUT2D eigenvalue weighted by atomic mass is 9.96. The third-order valence-corrected chi connectivity index (χ3v) is 4.19. The Morgan fingerprint density at radius 3 is 2.62 bits per heavy atom. The predicted molar refractivity (Wildman–Crippen MR) is 99.7 cm³/mol. The normalized spacial score (nSPS) is 19.2. The largest absolute Gasteiger partial charge is 0.372 e. The molecular weight excluding hydrogens is 375 g/mol. The summed E-state index contributed by atoms with van der Waals surface area (Å²) >= 11 is 0. The summed E-state index contributed by atoms with van der Waals surface area (Å²) in [4.78, 5) is 6.95. The highest BCUT2D eigenvalue weighted by Crippen LogP contribution is 2.22. The molecule has 4 nitrogen and oxygen atoms in total. The molecule has 2 heterocycles. The zero-order chi connectivity index (χ0) is 13.6. The fourth-order valence-corrected chi connectivity index (χ4v) is 2.93. The Morgan fingerprint density at radius 1 is 1.19 bits per heavy atom.